The van der Waals surface area contributed by atoms with Gasteiger partial charge in [0.2, 0.25) is 12.3 Å². The molecule has 0 spiro atoms. The molecular formula is C30H44F2N4O. The Morgan fingerprint density at radius 2 is 1.89 bits per heavy atom. The Morgan fingerprint density at radius 3 is 2.49 bits per heavy atom. The summed E-state index contributed by atoms with van der Waals surface area (Å²) in [6, 6.07) is 0.327. The lowest BCUT2D eigenvalue weighted by molar-refractivity contribution is -0.129. The van der Waals surface area contributed by atoms with Crippen molar-refractivity contribution in [3.05, 3.63) is 45.8 Å². The van der Waals surface area contributed by atoms with Gasteiger partial charge in [0.05, 0.1) is 18.5 Å². The molecule has 4 rings (SSSR count). The molecule has 1 aliphatic carbocycles. The minimum atomic E-state index is -2.41. The molecule has 0 fully saturated rings. The first-order valence-electron chi connectivity index (χ1n) is 14.3. The van der Waals surface area contributed by atoms with E-state index in [0.717, 1.165) is 86.1 Å². The maximum Gasteiger partial charge on any atom is 0.245 e. The standard InChI is InChI=1S/C30H44F2N4O/c1-6-11-23(12-7-2)36-27-14-16-34(20(5)37)19-26(27)30(33-36)35-15-10-13-22-17-24(21(8-3)9-4)25(29(31)32)18-28(22)35/h8,17,23,25,29H,6-7,9-16,18-19H2,1-5H3/b21-8+. The van der Waals surface area contributed by atoms with E-state index in [-0.39, 0.29) is 5.91 Å². The first-order chi connectivity index (χ1) is 17.8. The van der Waals surface area contributed by atoms with Crippen LogP contribution in [0.4, 0.5) is 14.6 Å². The van der Waals surface area contributed by atoms with Gasteiger partial charge in [0.15, 0.2) is 5.82 Å². The van der Waals surface area contributed by atoms with Crippen molar-refractivity contribution in [2.24, 2.45) is 5.92 Å². The number of hydrogen-bond acceptors (Lipinski definition) is 3. The van der Waals surface area contributed by atoms with Gasteiger partial charge in [-0.25, -0.2) is 8.78 Å². The van der Waals surface area contributed by atoms with E-state index in [1.165, 1.54) is 11.3 Å². The number of rotatable bonds is 9. The van der Waals surface area contributed by atoms with Crippen molar-refractivity contribution in [2.45, 2.75) is 111 Å². The van der Waals surface area contributed by atoms with Crippen molar-refractivity contribution >= 4 is 11.7 Å². The lowest BCUT2D eigenvalue weighted by Gasteiger charge is -2.38. The fraction of sp³-hybridized carbons (Fsp3) is 0.667. The molecule has 0 aromatic carbocycles. The lowest BCUT2D eigenvalue weighted by Crippen LogP contribution is -2.37. The Bertz CT molecular complexity index is 1080. The molecule has 2 aliphatic heterocycles. The first kappa shape index (κ1) is 27.6. The van der Waals surface area contributed by atoms with E-state index in [1.54, 1.807) is 6.92 Å². The number of hydrogen-bond donors (Lipinski definition) is 0. The van der Waals surface area contributed by atoms with E-state index in [9.17, 15) is 13.6 Å². The lowest BCUT2D eigenvalue weighted by atomic mass is 9.79. The topological polar surface area (TPSA) is 41.4 Å². The predicted octanol–water partition coefficient (Wildman–Crippen LogP) is 7.35. The fourth-order valence-corrected chi connectivity index (χ4v) is 6.53. The maximum absolute atomic E-state index is 14.4. The highest BCUT2D eigenvalue weighted by atomic mass is 19.3. The number of carbonyl (C=O) groups excluding carboxylic acids is 1. The number of fused-ring (bicyclic) bond motifs is 1. The molecule has 1 aromatic rings. The zero-order valence-corrected chi connectivity index (χ0v) is 23.3. The van der Waals surface area contributed by atoms with Crippen LogP contribution in [0.25, 0.3) is 0 Å². The van der Waals surface area contributed by atoms with Crippen molar-refractivity contribution in [2.75, 3.05) is 18.0 Å². The van der Waals surface area contributed by atoms with Gasteiger partial charge in [-0.15, -0.1) is 0 Å². The van der Waals surface area contributed by atoms with E-state index in [4.69, 9.17) is 5.10 Å². The Balaban J connectivity index is 1.83. The van der Waals surface area contributed by atoms with Gasteiger partial charge in [-0.2, -0.15) is 5.10 Å². The Hall–Kier alpha value is -2.44. The predicted molar refractivity (Wildman–Crippen MR) is 146 cm³/mol. The van der Waals surface area contributed by atoms with Crippen LogP contribution in [0.1, 0.15) is 103 Å². The van der Waals surface area contributed by atoms with Crippen molar-refractivity contribution in [3.63, 3.8) is 0 Å². The van der Waals surface area contributed by atoms with E-state index in [1.807, 2.05) is 24.8 Å². The number of nitrogens with zero attached hydrogens (tertiary/aromatic N) is 4. The molecule has 0 saturated heterocycles. The second-order valence-electron chi connectivity index (χ2n) is 10.8. The molecule has 7 heteroatoms. The van der Waals surface area contributed by atoms with Crippen LogP contribution in [0.3, 0.4) is 0 Å². The summed E-state index contributed by atoms with van der Waals surface area (Å²) in [5, 5.41) is 5.25. The Morgan fingerprint density at radius 1 is 1.16 bits per heavy atom. The molecule has 1 amide bonds. The highest BCUT2D eigenvalue weighted by molar-refractivity contribution is 5.74. The molecule has 1 atom stereocenters. The van der Waals surface area contributed by atoms with Crippen LogP contribution >= 0.6 is 0 Å². The molecule has 0 N–H and O–H groups in total. The van der Waals surface area contributed by atoms with E-state index in [2.05, 4.69) is 29.5 Å². The Labute approximate surface area is 221 Å². The van der Waals surface area contributed by atoms with Crippen LogP contribution < -0.4 is 4.90 Å². The third-order valence-corrected chi connectivity index (χ3v) is 8.43. The zero-order valence-electron chi connectivity index (χ0n) is 23.3. The fourth-order valence-electron chi connectivity index (χ4n) is 6.53. The summed E-state index contributed by atoms with van der Waals surface area (Å²) in [4.78, 5) is 16.5. The van der Waals surface area contributed by atoms with Gasteiger partial charge in [0.25, 0.3) is 0 Å². The van der Waals surface area contributed by atoms with Gasteiger partial charge in [-0.1, -0.05) is 45.8 Å². The van der Waals surface area contributed by atoms with Crippen molar-refractivity contribution in [1.29, 1.82) is 0 Å². The summed E-state index contributed by atoms with van der Waals surface area (Å²) >= 11 is 0. The molecule has 5 nitrogen and oxygen atoms in total. The first-order valence-corrected chi connectivity index (χ1v) is 14.3. The van der Waals surface area contributed by atoms with Crippen molar-refractivity contribution in [1.82, 2.24) is 14.7 Å². The number of allylic oxidation sites excluding steroid dienone is 6. The summed E-state index contributed by atoms with van der Waals surface area (Å²) in [5.74, 6) is 0.157. The van der Waals surface area contributed by atoms with Gasteiger partial charge in [0.1, 0.15) is 0 Å². The summed E-state index contributed by atoms with van der Waals surface area (Å²) in [6.45, 7) is 12.1. The SMILES string of the molecule is C/C=C(\CC)C1=CC2=C(CC1C(F)F)N(c1nn(C(CCC)CCC)c3c1CN(C(C)=O)CC3)CCC2. The number of halogens is 2. The third kappa shape index (κ3) is 5.42. The number of anilines is 1. The van der Waals surface area contributed by atoms with Crippen LogP contribution in [0.15, 0.2) is 34.6 Å². The van der Waals surface area contributed by atoms with Gasteiger partial charge in [0, 0.05) is 49.8 Å². The number of carbonyl (C=O) groups is 1. The molecular weight excluding hydrogens is 470 g/mol. The highest BCUT2D eigenvalue weighted by Crippen LogP contribution is 2.44. The molecule has 1 aromatic heterocycles. The number of aromatic nitrogens is 2. The zero-order chi connectivity index (χ0) is 26.7. The van der Waals surface area contributed by atoms with Gasteiger partial charge in [-0.05, 0) is 55.7 Å². The molecule has 0 radical (unpaired) electrons. The monoisotopic (exact) mass is 514 g/mol. The normalized spacial score (nSPS) is 20.5. The molecule has 1 unspecified atom stereocenters. The minimum Gasteiger partial charge on any atom is -0.338 e. The molecule has 0 bridgehead atoms. The average Bonchev–Trinajstić information content (AvgIpc) is 3.27. The van der Waals surface area contributed by atoms with Gasteiger partial charge in [-0.3, -0.25) is 9.48 Å². The Kier molecular flexibility index (Phi) is 8.91. The third-order valence-electron chi connectivity index (χ3n) is 8.43. The van der Waals surface area contributed by atoms with Crippen LogP contribution in [0, 0.1) is 5.92 Å². The molecule has 3 heterocycles. The highest BCUT2D eigenvalue weighted by Gasteiger charge is 2.38. The molecule has 37 heavy (non-hydrogen) atoms. The van der Waals surface area contributed by atoms with Gasteiger partial charge < -0.3 is 9.80 Å². The van der Waals surface area contributed by atoms with E-state index < -0.39 is 12.3 Å². The average molecular weight is 515 g/mol. The van der Waals surface area contributed by atoms with Crippen LogP contribution in [-0.2, 0) is 17.8 Å². The van der Waals surface area contributed by atoms with Gasteiger partial charge >= 0.3 is 0 Å². The van der Waals surface area contributed by atoms with E-state index in [0.29, 0.717) is 25.6 Å². The summed E-state index contributed by atoms with van der Waals surface area (Å²) in [7, 11) is 0. The van der Waals surface area contributed by atoms with E-state index >= 15 is 0 Å². The van der Waals surface area contributed by atoms with Crippen LogP contribution in [0.5, 0.6) is 0 Å². The largest absolute Gasteiger partial charge is 0.338 e. The number of alkyl halides is 2. The quantitative estimate of drug-likeness (QED) is 0.346. The molecule has 3 aliphatic rings. The summed E-state index contributed by atoms with van der Waals surface area (Å²) < 4.78 is 31.1. The second-order valence-corrected chi connectivity index (χ2v) is 10.8. The minimum absolute atomic E-state index is 0.0722. The summed E-state index contributed by atoms with van der Waals surface area (Å²) in [5.41, 5.74) is 6.34. The summed E-state index contributed by atoms with van der Waals surface area (Å²) in [6.07, 6.45) is 9.68. The number of amides is 1. The van der Waals surface area contributed by atoms with Crippen molar-refractivity contribution < 1.29 is 13.6 Å². The van der Waals surface area contributed by atoms with Crippen molar-refractivity contribution in [3.8, 4) is 0 Å². The van der Waals surface area contributed by atoms with Crippen LogP contribution in [-0.4, -0.2) is 40.1 Å². The second kappa shape index (κ2) is 12.0. The smallest absolute Gasteiger partial charge is 0.245 e. The van der Waals surface area contributed by atoms with Crippen LogP contribution in [0.2, 0.25) is 0 Å². The maximum atomic E-state index is 14.4. The molecule has 0 saturated carbocycles. The molecule has 204 valence electrons.